The first-order valence-corrected chi connectivity index (χ1v) is 9.14. The van der Waals surface area contributed by atoms with Crippen molar-refractivity contribution in [2.45, 2.75) is 4.90 Å². The van der Waals surface area contributed by atoms with Crippen LogP contribution in [0.25, 0.3) is 16.3 Å². The molecule has 0 atom stereocenters. The zero-order chi connectivity index (χ0) is 15.8. The number of allylic oxidation sites excluding steroid dienone is 2. The Morgan fingerprint density at radius 2 is 1.79 bits per heavy atom. The van der Waals surface area contributed by atoms with Gasteiger partial charge in [0, 0.05) is 24.1 Å². The maximum atomic E-state index is 2.25. The highest BCUT2D eigenvalue weighted by atomic mass is 35.5. The molecule has 0 bridgehead atoms. The summed E-state index contributed by atoms with van der Waals surface area (Å²) in [5.74, 6) is 0. The minimum atomic E-state index is 0. The Bertz CT molecular complexity index is 943. The molecule has 0 aliphatic carbocycles. The van der Waals surface area contributed by atoms with Crippen molar-refractivity contribution in [1.29, 1.82) is 0 Å². The van der Waals surface area contributed by atoms with E-state index in [9.17, 15) is 0 Å². The van der Waals surface area contributed by atoms with Crippen LogP contribution in [0.5, 0.6) is 0 Å². The summed E-state index contributed by atoms with van der Waals surface area (Å²) in [5, 5.41) is 2.51. The van der Waals surface area contributed by atoms with Gasteiger partial charge in [-0.2, -0.15) is 4.57 Å². The van der Waals surface area contributed by atoms with Gasteiger partial charge in [-0.05, 0) is 24.3 Å². The van der Waals surface area contributed by atoms with E-state index < -0.39 is 0 Å². The van der Waals surface area contributed by atoms with Gasteiger partial charge in [0.05, 0.1) is 10.7 Å². The molecule has 0 radical (unpaired) electrons. The van der Waals surface area contributed by atoms with E-state index in [2.05, 4.69) is 90.3 Å². The van der Waals surface area contributed by atoms with E-state index in [1.807, 2.05) is 23.1 Å². The second kappa shape index (κ2) is 7.01. The summed E-state index contributed by atoms with van der Waals surface area (Å²) in [7, 11) is 4.25. The molecule has 0 N–H and O–H groups in total. The number of thiazole rings is 1. The standard InChI is InChI=1S/C19H17N2S2.ClH/c1-20-14-8-3-5-10-16(14)22-18(20)12-7-13-19-21(2)15-9-4-6-11-17(15)23-19;/h3-13H,1-2H3;1H/q+1;/p-1. The van der Waals surface area contributed by atoms with Crippen molar-refractivity contribution in [1.82, 2.24) is 0 Å². The molecule has 0 spiro atoms. The lowest BCUT2D eigenvalue weighted by Gasteiger charge is -2.12. The molecule has 122 valence electrons. The molecule has 0 saturated heterocycles. The SMILES string of the molecule is CN1C(=CC=Cc2sc3ccccc3[n+]2C)Sc2ccccc21.[Cl-]. The second-order valence-electron chi connectivity index (χ2n) is 5.46. The van der Waals surface area contributed by atoms with Gasteiger partial charge in [-0.3, -0.25) is 0 Å². The largest absolute Gasteiger partial charge is 1.00 e. The third-order valence-electron chi connectivity index (χ3n) is 4.02. The quantitative estimate of drug-likeness (QED) is 0.633. The fraction of sp³-hybridized carbons (Fsp3) is 0.105. The van der Waals surface area contributed by atoms with E-state index >= 15 is 0 Å². The van der Waals surface area contributed by atoms with E-state index in [0.29, 0.717) is 0 Å². The normalized spacial score (nSPS) is 15.2. The topological polar surface area (TPSA) is 7.12 Å². The monoisotopic (exact) mass is 372 g/mol. The minimum Gasteiger partial charge on any atom is -1.00 e. The van der Waals surface area contributed by atoms with Crippen molar-refractivity contribution in [2.75, 3.05) is 11.9 Å². The van der Waals surface area contributed by atoms with Crippen molar-refractivity contribution in [3.05, 3.63) is 70.7 Å². The molecule has 1 aromatic heterocycles. The maximum absolute atomic E-state index is 2.25. The van der Waals surface area contributed by atoms with Gasteiger partial charge in [-0.25, -0.2) is 0 Å². The molecule has 5 heteroatoms. The highest BCUT2D eigenvalue weighted by Crippen LogP contribution is 2.44. The van der Waals surface area contributed by atoms with Gasteiger partial charge in [0.25, 0.3) is 5.01 Å². The smallest absolute Gasteiger partial charge is 0.262 e. The lowest BCUT2D eigenvalue weighted by atomic mass is 10.3. The van der Waals surface area contributed by atoms with E-state index in [1.165, 1.54) is 30.8 Å². The van der Waals surface area contributed by atoms with Crippen LogP contribution in [0, 0.1) is 0 Å². The van der Waals surface area contributed by atoms with Crippen molar-refractivity contribution in [3.63, 3.8) is 0 Å². The molecule has 4 rings (SSSR count). The predicted molar refractivity (Wildman–Crippen MR) is 101 cm³/mol. The van der Waals surface area contributed by atoms with Gasteiger partial charge in [0.1, 0.15) is 11.7 Å². The van der Waals surface area contributed by atoms with Gasteiger partial charge < -0.3 is 17.3 Å². The second-order valence-corrected chi connectivity index (χ2v) is 7.58. The van der Waals surface area contributed by atoms with E-state index in [4.69, 9.17) is 0 Å². The lowest BCUT2D eigenvalue weighted by molar-refractivity contribution is -0.642. The number of hydrogen-bond donors (Lipinski definition) is 0. The van der Waals surface area contributed by atoms with Crippen molar-refractivity contribution in [3.8, 4) is 0 Å². The molecule has 24 heavy (non-hydrogen) atoms. The molecule has 2 heterocycles. The Hall–Kier alpha value is -1.75. The van der Waals surface area contributed by atoms with Crippen molar-refractivity contribution in [2.24, 2.45) is 7.05 Å². The van der Waals surface area contributed by atoms with Crippen molar-refractivity contribution < 1.29 is 17.0 Å². The molecule has 3 aromatic rings. The number of rotatable bonds is 2. The number of anilines is 1. The zero-order valence-electron chi connectivity index (χ0n) is 13.4. The number of hydrogen-bond acceptors (Lipinski definition) is 3. The summed E-state index contributed by atoms with van der Waals surface area (Å²) >= 11 is 3.64. The van der Waals surface area contributed by atoms with Gasteiger partial charge in [0.15, 0.2) is 0 Å². The lowest BCUT2D eigenvalue weighted by Crippen LogP contribution is -3.00. The summed E-state index contributed by atoms with van der Waals surface area (Å²) in [6.45, 7) is 0. The summed E-state index contributed by atoms with van der Waals surface area (Å²) in [5.41, 5.74) is 2.56. The van der Waals surface area contributed by atoms with E-state index in [0.717, 1.165) is 0 Å². The molecule has 0 unspecified atom stereocenters. The number of aromatic nitrogens is 1. The van der Waals surface area contributed by atoms with Crippen LogP contribution >= 0.6 is 23.1 Å². The van der Waals surface area contributed by atoms with E-state index in [1.54, 1.807) is 0 Å². The number of halogens is 1. The molecule has 2 nitrogen and oxygen atoms in total. The Kier molecular flexibility index (Phi) is 4.99. The third kappa shape index (κ3) is 2.97. The number of fused-ring (bicyclic) bond motifs is 2. The molecule has 0 saturated carbocycles. The van der Waals surface area contributed by atoms with Crippen LogP contribution in [-0.4, -0.2) is 7.05 Å². The maximum Gasteiger partial charge on any atom is 0.262 e. The number of para-hydroxylation sites is 2. The molecular formula is C19H17ClN2S2. The molecule has 1 aliphatic heterocycles. The number of nitrogens with zero attached hydrogens (tertiary/aromatic N) is 2. The number of thioether (sulfide) groups is 1. The fourth-order valence-corrected chi connectivity index (χ4v) is 4.87. The summed E-state index contributed by atoms with van der Waals surface area (Å²) in [4.78, 5) is 3.57. The molecule has 0 fully saturated rings. The minimum absolute atomic E-state index is 0. The number of aryl methyl sites for hydroxylation is 1. The third-order valence-corrected chi connectivity index (χ3v) is 6.39. The van der Waals surface area contributed by atoms with Crippen LogP contribution < -0.4 is 21.9 Å². The van der Waals surface area contributed by atoms with Crippen LogP contribution in [0.1, 0.15) is 5.01 Å². The molecule has 0 amide bonds. The van der Waals surface area contributed by atoms with Crippen LogP contribution in [0.3, 0.4) is 0 Å². The zero-order valence-corrected chi connectivity index (χ0v) is 15.8. The van der Waals surface area contributed by atoms with Gasteiger partial charge in [0.2, 0.25) is 5.52 Å². The summed E-state index contributed by atoms with van der Waals surface area (Å²) < 4.78 is 3.57. The van der Waals surface area contributed by atoms with Crippen LogP contribution in [0.2, 0.25) is 0 Å². The highest BCUT2D eigenvalue weighted by Gasteiger charge is 2.20. The first-order chi connectivity index (χ1) is 11.2. The Morgan fingerprint density at radius 3 is 2.58 bits per heavy atom. The highest BCUT2D eigenvalue weighted by molar-refractivity contribution is 8.03. The first kappa shape index (κ1) is 17.1. The van der Waals surface area contributed by atoms with Crippen LogP contribution in [0.15, 0.2) is 70.6 Å². The van der Waals surface area contributed by atoms with Gasteiger partial charge in [-0.15, -0.1) is 0 Å². The van der Waals surface area contributed by atoms with Gasteiger partial charge in [-0.1, -0.05) is 53.4 Å². The Balaban J connectivity index is 0.00000169. The average Bonchev–Trinajstić information content (AvgIpc) is 3.07. The van der Waals surface area contributed by atoms with E-state index in [-0.39, 0.29) is 12.4 Å². The number of benzene rings is 2. The van der Waals surface area contributed by atoms with Gasteiger partial charge >= 0.3 is 0 Å². The molecule has 2 aromatic carbocycles. The Labute approximate surface area is 156 Å². The van der Waals surface area contributed by atoms with Crippen LogP contribution in [0.4, 0.5) is 5.69 Å². The first-order valence-electron chi connectivity index (χ1n) is 7.50. The predicted octanol–water partition coefficient (Wildman–Crippen LogP) is 1.83. The summed E-state index contributed by atoms with van der Waals surface area (Å²) in [6.07, 6.45) is 6.53. The van der Waals surface area contributed by atoms with Crippen molar-refractivity contribution >= 4 is 45.1 Å². The Morgan fingerprint density at radius 1 is 1.04 bits per heavy atom. The van der Waals surface area contributed by atoms with Crippen LogP contribution in [-0.2, 0) is 7.05 Å². The average molecular weight is 373 g/mol. The fourth-order valence-electron chi connectivity index (χ4n) is 2.75. The molecule has 1 aliphatic rings. The molecular weight excluding hydrogens is 356 g/mol. The summed E-state index contributed by atoms with van der Waals surface area (Å²) in [6, 6.07) is 17.0.